The van der Waals surface area contributed by atoms with E-state index in [9.17, 15) is 35.7 Å². The van der Waals surface area contributed by atoms with Crippen molar-refractivity contribution in [2.24, 2.45) is 17.8 Å². The zero-order chi connectivity index (χ0) is 67.0. The number of phenols is 2. The highest BCUT2D eigenvalue weighted by molar-refractivity contribution is 8.77. The molecular weight excluding hydrogens is 1340 g/mol. The molecule has 12 heterocycles. The molecule has 2 saturated heterocycles. The Kier molecular flexibility index (Phi) is 17.5. The van der Waals surface area contributed by atoms with E-state index < -0.39 is 51.5 Å². The third kappa shape index (κ3) is 10.9. The number of ether oxygens (including phenoxy) is 1. The van der Waals surface area contributed by atoms with Gasteiger partial charge in [0.2, 0.25) is 11.2 Å². The van der Waals surface area contributed by atoms with Crippen LogP contribution in [0.3, 0.4) is 0 Å². The summed E-state index contributed by atoms with van der Waals surface area (Å²) < 4.78 is 13.4. The maximum atomic E-state index is 16.1. The van der Waals surface area contributed by atoms with Crippen LogP contribution in [0.1, 0.15) is 155 Å². The Bertz CT molecular complexity index is 4630. The molecule has 2 fully saturated rings. The van der Waals surface area contributed by atoms with Crippen molar-refractivity contribution < 1.29 is 49.7 Å². The molecule has 98 heavy (non-hydrogen) atoms. The molecule has 22 rings (SSSR count). The monoisotopic (exact) mass is 1420 g/mol. The van der Waals surface area contributed by atoms with Gasteiger partial charge < -0.3 is 50.2 Å². The zero-order valence-corrected chi connectivity index (χ0v) is 59.7. The summed E-state index contributed by atoms with van der Waals surface area (Å²) in [6, 6.07) is 36.0. The first-order valence-corrected chi connectivity index (χ1v) is 42.2. The number of phenolic OH excluding ortho intramolecular Hbond substituents is 2. The maximum absolute atomic E-state index is 16.1. The molecule has 7 aromatic carbocycles. The van der Waals surface area contributed by atoms with Crippen molar-refractivity contribution >= 4 is 92.3 Å². The average Bonchev–Trinajstić information content (AvgIpc) is 0.724. The molecule has 0 saturated carbocycles. The minimum Gasteiger partial charge on any atom is -0.507 e. The van der Waals surface area contributed by atoms with Crippen molar-refractivity contribution in [3.05, 3.63) is 198 Å². The lowest BCUT2D eigenvalue weighted by Gasteiger charge is -2.49. The quantitative estimate of drug-likeness (QED) is 0.0551. The highest BCUT2D eigenvalue weighted by Crippen LogP contribution is 2.65. The van der Waals surface area contributed by atoms with Crippen LogP contribution in [-0.2, 0) is 52.8 Å². The fourth-order valence-corrected chi connectivity index (χ4v) is 27.8. The molecule has 0 radical (unpaired) electrons. The van der Waals surface area contributed by atoms with Gasteiger partial charge in [0, 0.05) is 83.1 Å². The van der Waals surface area contributed by atoms with E-state index in [1.807, 2.05) is 27.7 Å². The van der Waals surface area contributed by atoms with E-state index in [-0.39, 0.29) is 106 Å². The number of aliphatic hydroxyl groups is 4. The third-order valence-corrected chi connectivity index (χ3v) is 31.8. The fraction of sp³-hybridized carbons (Fsp3) is 0.425. The van der Waals surface area contributed by atoms with Crippen LogP contribution >= 0.6 is 64.8 Å². The van der Waals surface area contributed by atoms with Crippen molar-refractivity contribution in [1.29, 1.82) is 0 Å². The number of Topliss-reactive ketones (excluding diaryl/α,β-unsaturated/α-hetero) is 1. The van der Waals surface area contributed by atoms with Crippen LogP contribution in [0.4, 0.5) is 0 Å². The summed E-state index contributed by atoms with van der Waals surface area (Å²) in [5, 5.41) is 93.4. The average molecular weight is 1420 g/mol. The van der Waals surface area contributed by atoms with E-state index >= 15 is 9.59 Å². The molecule has 2 spiro atoms. The van der Waals surface area contributed by atoms with Crippen LogP contribution in [0.25, 0.3) is 44.2 Å². The molecule has 18 heteroatoms. The number of ketones is 1. The molecule has 8 aromatic rings. The molecule has 8 N–H and O–H groups in total. The number of carbonyl (C=O) groups excluding carboxylic acids is 1. The van der Waals surface area contributed by atoms with Crippen LogP contribution < -0.4 is 15.5 Å². The first kappa shape index (κ1) is 65.8. The summed E-state index contributed by atoms with van der Waals surface area (Å²) >= 11 is 0. The van der Waals surface area contributed by atoms with E-state index in [1.165, 1.54) is 17.2 Å². The summed E-state index contributed by atoms with van der Waals surface area (Å²) in [4.78, 5) is 31.8. The van der Waals surface area contributed by atoms with E-state index in [2.05, 4.69) is 122 Å². The number of hydrogen-bond donors (Lipinski definition) is 8. The number of rotatable bonds is 7. The van der Waals surface area contributed by atoms with Crippen molar-refractivity contribution in [2.75, 3.05) is 30.5 Å². The summed E-state index contributed by atoms with van der Waals surface area (Å²) in [6.07, 6.45) is 7.52. The normalized spacial score (nSPS) is 29.1. The Balaban J connectivity index is 0.934. The molecule has 1 aromatic heterocycles. The highest BCUT2D eigenvalue weighted by atomic mass is 33.1. The van der Waals surface area contributed by atoms with Gasteiger partial charge in [0.05, 0.1) is 33.9 Å². The van der Waals surface area contributed by atoms with Gasteiger partial charge in [-0.25, -0.2) is 0 Å². The number of piperidine rings is 1. The van der Waals surface area contributed by atoms with Gasteiger partial charge in [0.1, 0.15) is 34.3 Å². The topological polar surface area (TPSA) is 210 Å². The zero-order valence-electron chi connectivity index (χ0n) is 54.8. The smallest absolute Gasteiger partial charge is 0.238 e. The largest absolute Gasteiger partial charge is 0.507 e. The number of hydrogen-bond acceptors (Lipinski definition) is 18. The Morgan fingerprint density at radius 1 is 0.776 bits per heavy atom. The van der Waals surface area contributed by atoms with Crippen molar-refractivity contribution in [3.8, 4) is 45.4 Å². The van der Waals surface area contributed by atoms with Crippen LogP contribution in [0.2, 0.25) is 0 Å². The van der Waals surface area contributed by atoms with E-state index in [1.54, 1.807) is 43.2 Å². The molecule has 0 amide bonds. The van der Waals surface area contributed by atoms with Gasteiger partial charge in [-0.3, -0.25) is 9.59 Å². The Labute approximate surface area is 594 Å². The van der Waals surface area contributed by atoms with Crippen molar-refractivity contribution in [3.63, 3.8) is 0 Å². The number of carbonyl (C=O) groups is 1. The number of fused-ring (bicyclic) bond motifs is 4. The number of aromatic hydroxyl groups is 3. The Hall–Kier alpha value is -5.48. The van der Waals surface area contributed by atoms with E-state index in [0.717, 1.165) is 73.9 Å². The third-order valence-electron chi connectivity index (χ3n) is 23.3. The molecule has 12 nitrogen and oxygen atoms in total. The molecule has 22 bridgehead atoms. The summed E-state index contributed by atoms with van der Waals surface area (Å²) in [5.74, 6) is 0.755. The van der Waals surface area contributed by atoms with Crippen LogP contribution in [0, 0.1) is 17.8 Å². The van der Waals surface area contributed by atoms with E-state index in [4.69, 9.17) is 9.15 Å². The lowest BCUT2D eigenvalue weighted by Crippen LogP contribution is -2.50. The van der Waals surface area contributed by atoms with E-state index in [0.29, 0.717) is 103 Å². The standard InChI is InChI=1S/C80H81NO11S6/c1-40(2)25-49-31-55-58-37-95-97-65-32-48-27-42-8-4-11-50(28-42)79(39-96-94-38-60(48)81-71(65)47-9-3-7-43(26-47)29-54(58)72(49)86)21-19-52(77(79)89)44-15-13-41(14-16-44)36-80-59-18-17-46-30-45(10-5-22-82)51(20-23-83)53-33-56-67(69(59)66(46)53)57(78(80)90)34-63(61(84)12-6-24-93-98-80)91-76-68(56)62(85)35-64-70(76)73(87)74(88)75(55)92-64/h3-4,7-9,11,13-19,21,26,28,31,33,35,40,45,48,51-52,57,60-61,63,65,71,78,81-86,88,90H,5-6,10,12,20,22-25,27,29-30,32,34,36-39H2,1-2H3/t45-,48-,51-,52+,57+,60+,61-,63+,65+,71-,78-,79+,80-/m1/s1. The Morgan fingerprint density at radius 3 is 2.46 bits per heavy atom. The minimum absolute atomic E-state index is 0.0124. The molecular formula is C80H81NO11S6. The number of allylic oxidation sites excluding steroid dienone is 2. The lowest BCUT2D eigenvalue weighted by molar-refractivity contribution is -0.122. The van der Waals surface area contributed by atoms with Gasteiger partial charge in [-0.05, 0) is 190 Å². The second kappa shape index (κ2) is 26.1. The molecule has 508 valence electrons. The predicted octanol–water partition coefficient (Wildman–Crippen LogP) is 15.6. The van der Waals surface area contributed by atoms with Crippen LogP contribution in [-0.4, -0.2) is 102 Å². The second-order valence-electron chi connectivity index (χ2n) is 29.5. The van der Waals surface area contributed by atoms with Crippen LogP contribution in [0.5, 0.6) is 23.0 Å². The van der Waals surface area contributed by atoms with Gasteiger partial charge in [0.15, 0.2) is 11.5 Å². The number of nitrogens with one attached hydrogen (secondary N) is 1. The number of benzene rings is 7. The van der Waals surface area contributed by atoms with Gasteiger partial charge in [-0.15, -0.1) is 0 Å². The molecule has 13 atom stereocenters. The summed E-state index contributed by atoms with van der Waals surface area (Å²) in [5.41, 5.74) is 11.6. The molecule has 14 aliphatic rings. The van der Waals surface area contributed by atoms with Crippen LogP contribution in [0.15, 0.2) is 124 Å². The fourth-order valence-electron chi connectivity index (χ4n) is 18.7. The molecule has 3 aliphatic carbocycles. The molecule has 0 unspecified atom stereocenters. The van der Waals surface area contributed by atoms with Gasteiger partial charge in [-0.2, -0.15) is 0 Å². The van der Waals surface area contributed by atoms with Gasteiger partial charge in [0.25, 0.3) is 0 Å². The Morgan fingerprint density at radius 2 is 1.62 bits per heavy atom. The van der Waals surface area contributed by atoms with Crippen molar-refractivity contribution in [2.45, 2.75) is 160 Å². The van der Waals surface area contributed by atoms with Crippen molar-refractivity contribution in [1.82, 2.24) is 5.32 Å². The highest BCUT2D eigenvalue weighted by Gasteiger charge is 2.55. The number of aliphatic hydroxyl groups excluding tert-OH is 4. The second-order valence-corrected chi connectivity index (χ2v) is 37.4. The summed E-state index contributed by atoms with van der Waals surface area (Å²) in [7, 11) is 10.5. The maximum Gasteiger partial charge on any atom is 0.238 e. The van der Waals surface area contributed by atoms with Gasteiger partial charge in [-0.1, -0.05) is 176 Å². The first-order chi connectivity index (χ1) is 47.6. The molecule has 11 aliphatic heterocycles. The van der Waals surface area contributed by atoms with Gasteiger partial charge >= 0.3 is 0 Å². The SMILES string of the molecule is CC(C)Cc1cc2c3c(c1O)Cc1cccc(c1)[C@H]1N[C@H]4CSSC[C@@]5(C=C[C@H](C5=O)c5ccc(cc5)C[C@@]56SSCCC[C@@H](O)[C@@H]7C[C@@H](c8c(cc9c%10c(ccc5c8%10)C[C@@H](CCCO)[C@H]9CCO)-c5c(O)cc8oc-2c(O)c(=O)c8c5O7)[C@H]6O)c2cccc(c2)C[C@@H]4C[C@@H]1SSC3. The summed E-state index contributed by atoms with van der Waals surface area (Å²) in [6.45, 7) is 4.11. The lowest BCUT2D eigenvalue weighted by atomic mass is 9.62. The first-order valence-electron chi connectivity index (χ1n) is 35.0. The minimum atomic E-state index is -1.10. The predicted molar refractivity (Wildman–Crippen MR) is 401 cm³/mol.